The molecule has 41 heavy (non-hydrogen) atoms. The van der Waals surface area contributed by atoms with Crippen LogP contribution in [0.25, 0.3) is 11.8 Å². The number of thiazole rings is 1. The third kappa shape index (κ3) is 4.81. The number of ether oxygens (including phenoxy) is 4. The summed E-state index contributed by atoms with van der Waals surface area (Å²) in [7, 11) is 1.45. The largest absolute Gasteiger partial charge is 0.504 e. The normalized spacial score (nSPS) is 15.9. The van der Waals surface area contributed by atoms with E-state index in [0.717, 1.165) is 11.3 Å². The molecule has 0 saturated carbocycles. The summed E-state index contributed by atoms with van der Waals surface area (Å²) >= 11 is 4.58. The summed E-state index contributed by atoms with van der Waals surface area (Å²) in [5.74, 6) is 0.655. The van der Waals surface area contributed by atoms with Crippen LogP contribution in [-0.4, -0.2) is 36.2 Å². The Bertz CT molecular complexity index is 1900. The second-order valence-electron chi connectivity index (χ2n) is 9.09. The topological polar surface area (TPSA) is 109 Å². The maximum atomic E-state index is 14.1. The van der Waals surface area contributed by atoms with Crippen molar-refractivity contribution in [2.45, 2.75) is 13.0 Å². The highest BCUT2D eigenvalue weighted by Crippen LogP contribution is 2.40. The molecule has 0 spiro atoms. The zero-order chi connectivity index (χ0) is 28.7. The Hall–Kier alpha value is -4.35. The van der Waals surface area contributed by atoms with Crippen molar-refractivity contribution in [2.24, 2.45) is 4.99 Å². The zero-order valence-electron chi connectivity index (χ0n) is 21.9. The highest BCUT2D eigenvalue weighted by Gasteiger charge is 2.36. The summed E-state index contributed by atoms with van der Waals surface area (Å²) in [4.78, 5) is 32.9. The van der Waals surface area contributed by atoms with Crippen LogP contribution in [0.3, 0.4) is 0 Å². The highest BCUT2D eigenvalue weighted by molar-refractivity contribution is 9.10. The Kier molecular flexibility index (Phi) is 7.14. The molecule has 0 saturated heterocycles. The van der Waals surface area contributed by atoms with Gasteiger partial charge in [-0.25, -0.2) is 9.79 Å². The van der Waals surface area contributed by atoms with Gasteiger partial charge >= 0.3 is 5.97 Å². The highest BCUT2D eigenvalue weighted by atomic mass is 79.9. The monoisotopic (exact) mass is 634 g/mol. The number of fused-ring (bicyclic) bond motifs is 2. The van der Waals surface area contributed by atoms with Crippen LogP contribution in [-0.2, 0) is 9.53 Å². The van der Waals surface area contributed by atoms with Crippen LogP contribution in [0, 0.1) is 0 Å². The number of hydrogen-bond donors (Lipinski definition) is 1. The quantitative estimate of drug-likeness (QED) is 0.318. The number of halogens is 1. The zero-order valence-corrected chi connectivity index (χ0v) is 24.3. The molecule has 6 rings (SSSR count). The van der Waals surface area contributed by atoms with Crippen molar-refractivity contribution in [2.75, 3.05) is 20.5 Å². The lowest BCUT2D eigenvalue weighted by Gasteiger charge is -2.26. The predicted octanol–water partition coefficient (Wildman–Crippen LogP) is 4.14. The van der Waals surface area contributed by atoms with Gasteiger partial charge in [-0.15, -0.1) is 0 Å². The van der Waals surface area contributed by atoms with Crippen LogP contribution in [0.2, 0.25) is 0 Å². The maximum absolute atomic E-state index is 14.1. The molecule has 0 bridgehead atoms. The summed E-state index contributed by atoms with van der Waals surface area (Å²) in [6, 6.07) is 17.1. The summed E-state index contributed by atoms with van der Waals surface area (Å²) in [6.45, 7) is 1.95. The smallest absolute Gasteiger partial charge is 0.338 e. The Balaban J connectivity index is 1.65. The SMILES string of the molecule is CCOC(=O)C1=C(c2ccccc2)N=c2s/c(=C\c3cc(Br)cc(OC)c3O)c(=O)n2C1c1ccc2c(c1)OCO2. The summed E-state index contributed by atoms with van der Waals surface area (Å²) in [6.07, 6.45) is 1.58. The van der Waals surface area contributed by atoms with Crippen molar-refractivity contribution in [1.82, 2.24) is 4.57 Å². The minimum Gasteiger partial charge on any atom is -0.504 e. The first-order valence-electron chi connectivity index (χ1n) is 12.6. The lowest BCUT2D eigenvalue weighted by molar-refractivity contribution is -0.138. The Morgan fingerprint density at radius 1 is 1.17 bits per heavy atom. The van der Waals surface area contributed by atoms with Gasteiger partial charge < -0.3 is 24.1 Å². The number of carbonyl (C=O) groups is 1. The molecular formula is C30H23BrN2O7S. The lowest BCUT2D eigenvalue weighted by Crippen LogP contribution is -2.40. The van der Waals surface area contributed by atoms with Gasteiger partial charge in [0.15, 0.2) is 27.8 Å². The first-order valence-corrected chi connectivity index (χ1v) is 14.2. The molecule has 0 aliphatic carbocycles. The molecule has 4 aromatic rings. The van der Waals surface area contributed by atoms with Crippen molar-refractivity contribution in [1.29, 1.82) is 0 Å². The molecule has 9 nitrogen and oxygen atoms in total. The minimum absolute atomic E-state index is 0.0803. The molecule has 1 N–H and O–H groups in total. The number of hydrogen-bond acceptors (Lipinski definition) is 9. The summed E-state index contributed by atoms with van der Waals surface area (Å²) in [5, 5.41) is 10.8. The van der Waals surface area contributed by atoms with Gasteiger partial charge in [-0.1, -0.05) is 63.7 Å². The van der Waals surface area contributed by atoms with Gasteiger partial charge in [0.1, 0.15) is 0 Å². The predicted molar refractivity (Wildman–Crippen MR) is 156 cm³/mol. The number of aromatic nitrogens is 1. The minimum atomic E-state index is -0.872. The van der Waals surface area contributed by atoms with Gasteiger partial charge in [0, 0.05) is 15.6 Å². The van der Waals surface area contributed by atoms with E-state index in [4.69, 9.17) is 23.9 Å². The molecule has 1 atom stereocenters. The Morgan fingerprint density at radius 3 is 2.71 bits per heavy atom. The fraction of sp³-hybridized carbons (Fsp3) is 0.167. The second-order valence-corrected chi connectivity index (χ2v) is 11.0. The standard InChI is InChI=1S/C30H23BrN2O7S/c1-3-38-29(36)24-25(16-7-5-4-6-8-16)32-30-33(26(24)17-9-10-20-21(12-17)40-15-39-20)28(35)23(41-30)13-18-11-19(31)14-22(37-2)27(18)34/h4-14,26,34H,3,15H2,1-2H3/b23-13-. The average Bonchev–Trinajstić information content (AvgIpc) is 3.58. The van der Waals surface area contributed by atoms with Gasteiger partial charge in [-0.3, -0.25) is 9.36 Å². The number of phenolic OH excluding ortho intramolecular Hbond substituents is 1. The average molecular weight is 635 g/mol. The Labute approximate surface area is 246 Å². The molecular weight excluding hydrogens is 612 g/mol. The van der Waals surface area contributed by atoms with Crippen molar-refractivity contribution >= 4 is 45.0 Å². The van der Waals surface area contributed by atoms with Crippen LogP contribution in [0.1, 0.15) is 29.7 Å². The van der Waals surface area contributed by atoms with Crippen molar-refractivity contribution in [3.8, 4) is 23.0 Å². The number of phenols is 1. The molecule has 2 aliphatic heterocycles. The van der Waals surface area contributed by atoms with E-state index in [0.29, 0.717) is 47.7 Å². The molecule has 11 heteroatoms. The molecule has 0 amide bonds. The molecule has 2 aliphatic rings. The van der Waals surface area contributed by atoms with Gasteiger partial charge in [-0.2, -0.15) is 0 Å². The number of methoxy groups -OCH3 is 1. The number of esters is 1. The van der Waals surface area contributed by atoms with E-state index in [2.05, 4.69) is 15.9 Å². The van der Waals surface area contributed by atoms with Crippen LogP contribution >= 0.6 is 27.3 Å². The Morgan fingerprint density at radius 2 is 1.95 bits per heavy atom. The van der Waals surface area contributed by atoms with Crippen LogP contribution in [0.15, 0.2) is 80.5 Å². The number of rotatable bonds is 6. The fourth-order valence-electron chi connectivity index (χ4n) is 4.84. The first kappa shape index (κ1) is 26.9. The number of nitrogens with zero attached hydrogens (tertiary/aromatic N) is 2. The van der Waals surface area contributed by atoms with E-state index in [-0.39, 0.29) is 36.0 Å². The van der Waals surface area contributed by atoms with Gasteiger partial charge in [0.05, 0.1) is 35.6 Å². The van der Waals surface area contributed by atoms with E-state index in [1.807, 2.05) is 30.3 Å². The van der Waals surface area contributed by atoms with E-state index < -0.39 is 12.0 Å². The summed E-state index contributed by atoms with van der Waals surface area (Å²) < 4.78 is 24.4. The van der Waals surface area contributed by atoms with Gasteiger partial charge in [0.25, 0.3) is 5.56 Å². The third-order valence-electron chi connectivity index (χ3n) is 6.66. The van der Waals surface area contributed by atoms with Crippen LogP contribution < -0.4 is 29.1 Å². The molecule has 3 aromatic carbocycles. The van der Waals surface area contributed by atoms with Crippen LogP contribution in [0.4, 0.5) is 0 Å². The molecule has 1 unspecified atom stereocenters. The third-order valence-corrected chi connectivity index (χ3v) is 8.10. The number of carbonyl (C=O) groups excluding carboxylic acids is 1. The first-order chi connectivity index (χ1) is 19.9. The van der Waals surface area contributed by atoms with Gasteiger partial charge in [0.2, 0.25) is 6.79 Å². The summed E-state index contributed by atoms with van der Waals surface area (Å²) in [5.41, 5.74) is 1.96. The molecule has 0 radical (unpaired) electrons. The van der Waals surface area contributed by atoms with Crippen LogP contribution in [0.5, 0.6) is 23.0 Å². The molecule has 208 valence electrons. The second kappa shape index (κ2) is 10.9. The van der Waals surface area contributed by atoms with Crippen molar-refractivity contribution < 1.29 is 28.8 Å². The van der Waals surface area contributed by atoms with Crippen molar-refractivity contribution in [3.63, 3.8) is 0 Å². The number of benzene rings is 3. The lowest BCUT2D eigenvalue weighted by atomic mass is 9.93. The molecule has 1 aromatic heterocycles. The van der Waals surface area contributed by atoms with Gasteiger partial charge in [-0.05, 0) is 42.8 Å². The van der Waals surface area contributed by atoms with E-state index in [9.17, 15) is 14.7 Å². The van der Waals surface area contributed by atoms with Crippen molar-refractivity contribution in [3.05, 3.63) is 107 Å². The fourth-order valence-corrected chi connectivity index (χ4v) is 6.29. The van der Waals surface area contributed by atoms with E-state index in [1.165, 1.54) is 11.7 Å². The maximum Gasteiger partial charge on any atom is 0.338 e. The van der Waals surface area contributed by atoms with E-state index >= 15 is 0 Å². The number of aromatic hydroxyl groups is 1. The van der Waals surface area contributed by atoms with E-state index in [1.54, 1.807) is 43.3 Å². The molecule has 0 fully saturated rings. The molecule has 3 heterocycles.